The Hall–Kier alpha value is -2.14. The van der Waals surface area contributed by atoms with E-state index in [4.69, 9.17) is 16.3 Å². The highest BCUT2D eigenvalue weighted by atomic mass is 35.5. The van der Waals surface area contributed by atoms with E-state index in [9.17, 15) is 0 Å². The number of hydrogen-bond donors (Lipinski definition) is 0. The molecular formula is C13H11ClN4O. The normalized spacial score (nSPS) is 13.6. The van der Waals surface area contributed by atoms with E-state index >= 15 is 0 Å². The quantitative estimate of drug-likeness (QED) is 0.802. The fourth-order valence-electron chi connectivity index (χ4n) is 1.77. The molecular weight excluding hydrogens is 264 g/mol. The molecule has 2 heterocycles. The summed E-state index contributed by atoms with van der Waals surface area (Å²) in [7, 11) is 1.81. The molecule has 3 rings (SSSR count). The summed E-state index contributed by atoms with van der Waals surface area (Å²) in [4.78, 5) is 0. The standard InChI is InChI=1S/C13H11ClN4O/c1-8-3-5-9(6-4-8)12-17-18(2)10-7-11(14)15-16-13(10)19-12/h3-7H,1-2H3. The summed E-state index contributed by atoms with van der Waals surface area (Å²) in [6.45, 7) is 2.03. The van der Waals surface area contributed by atoms with Gasteiger partial charge in [-0.25, -0.2) is 0 Å². The number of ether oxygens (including phenoxy) is 1. The molecule has 0 radical (unpaired) electrons. The molecule has 0 atom stereocenters. The van der Waals surface area contributed by atoms with Crippen molar-refractivity contribution in [2.45, 2.75) is 6.92 Å². The molecule has 0 aliphatic carbocycles. The van der Waals surface area contributed by atoms with Gasteiger partial charge in [0.1, 0.15) is 5.69 Å². The number of hydrazone groups is 1. The van der Waals surface area contributed by atoms with Crippen LogP contribution in [0.25, 0.3) is 0 Å². The smallest absolute Gasteiger partial charge is 0.266 e. The van der Waals surface area contributed by atoms with Crippen LogP contribution in [0.5, 0.6) is 5.88 Å². The minimum Gasteiger partial charge on any atom is -0.415 e. The SMILES string of the molecule is Cc1ccc(C2=NN(C)c3cc(Cl)nnc3O2)cc1. The van der Waals surface area contributed by atoms with Crippen LogP contribution in [0.2, 0.25) is 5.15 Å². The zero-order chi connectivity index (χ0) is 13.4. The van der Waals surface area contributed by atoms with E-state index in [0.29, 0.717) is 22.6 Å². The van der Waals surface area contributed by atoms with Gasteiger partial charge in [-0.15, -0.1) is 15.3 Å². The molecule has 0 unspecified atom stereocenters. The van der Waals surface area contributed by atoms with Gasteiger partial charge in [-0.2, -0.15) is 0 Å². The summed E-state index contributed by atoms with van der Waals surface area (Å²) >= 11 is 5.81. The Balaban J connectivity index is 1.99. The van der Waals surface area contributed by atoms with Crippen molar-refractivity contribution >= 4 is 23.2 Å². The molecule has 1 aliphatic heterocycles. The summed E-state index contributed by atoms with van der Waals surface area (Å²) in [5.41, 5.74) is 2.76. The van der Waals surface area contributed by atoms with Crippen LogP contribution in [0.1, 0.15) is 11.1 Å². The summed E-state index contributed by atoms with van der Waals surface area (Å²) in [6, 6.07) is 9.58. The van der Waals surface area contributed by atoms with Gasteiger partial charge >= 0.3 is 0 Å². The topological polar surface area (TPSA) is 50.6 Å². The Morgan fingerprint density at radius 2 is 1.89 bits per heavy atom. The molecule has 5 nitrogen and oxygen atoms in total. The number of benzene rings is 1. The second kappa shape index (κ2) is 4.51. The second-order valence-electron chi connectivity index (χ2n) is 4.25. The molecule has 6 heteroatoms. The predicted octanol–water partition coefficient (Wildman–Crippen LogP) is 2.63. The fourth-order valence-corrected chi connectivity index (χ4v) is 1.91. The van der Waals surface area contributed by atoms with Crippen molar-refractivity contribution in [3.63, 3.8) is 0 Å². The van der Waals surface area contributed by atoms with Gasteiger partial charge in [-0.05, 0) is 19.1 Å². The third-order valence-corrected chi connectivity index (χ3v) is 2.98. The average Bonchev–Trinajstić information content (AvgIpc) is 2.40. The van der Waals surface area contributed by atoms with Gasteiger partial charge in [0, 0.05) is 18.7 Å². The van der Waals surface area contributed by atoms with Gasteiger partial charge in [0.15, 0.2) is 5.15 Å². The third-order valence-electron chi connectivity index (χ3n) is 2.79. The molecule has 0 amide bonds. The van der Waals surface area contributed by atoms with Crippen LogP contribution in [-0.2, 0) is 0 Å². The lowest BCUT2D eigenvalue weighted by molar-refractivity contribution is 0.501. The highest BCUT2D eigenvalue weighted by Gasteiger charge is 2.21. The van der Waals surface area contributed by atoms with Gasteiger partial charge in [-0.3, -0.25) is 5.01 Å². The van der Waals surface area contributed by atoms with Crippen LogP contribution in [0.4, 0.5) is 5.69 Å². The Morgan fingerprint density at radius 3 is 2.63 bits per heavy atom. The van der Waals surface area contributed by atoms with Gasteiger partial charge in [0.25, 0.3) is 5.88 Å². The van der Waals surface area contributed by atoms with Gasteiger partial charge in [-0.1, -0.05) is 29.3 Å². The molecule has 0 saturated heterocycles. The van der Waals surface area contributed by atoms with Crippen molar-refractivity contribution in [3.8, 4) is 5.88 Å². The number of nitrogens with zero attached hydrogens (tertiary/aromatic N) is 4. The monoisotopic (exact) mass is 274 g/mol. The number of halogens is 1. The highest BCUT2D eigenvalue weighted by molar-refractivity contribution is 6.29. The molecule has 96 valence electrons. The molecule has 0 spiro atoms. The first kappa shape index (κ1) is 11.9. The van der Waals surface area contributed by atoms with Crippen molar-refractivity contribution < 1.29 is 4.74 Å². The zero-order valence-corrected chi connectivity index (χ0v) is 11.2. The Kier molecular flexibility index (Phi) is 2.83. The average molecular weight is 275 g/mol. The summed E-state index contributed by atoms with van der Waals surface area (Å²) in [5, 5.41) is 14.1. The molecule has 0 N–H and O–H groups in total. The number of anilines is 1. The van der Waals surface area contributed by atoms with Crippen LogP contribution < -0.4 is 9.75 Å². The lowest BCUT2D eigenvalue weighted by Crippen LogP contribution is -2.25. The van der Waals surface area contributed by atoms with E-state index in [1.54, 1.807) is 11.1 Å². The number of hydrogen-bond acceptors (Lipinski definition) is 5. The molecule has 2 aromatic rings. The second-order valence-corrected chi connectivity index (χ2v) is 4.64. The summed E-state index contributed by atoms with van der Waals surface area (Å²) < 4.78 is 5.66. The van der Waals surface area contributed by atoms with Gasteiger partial charge in [0.2, 0.25) is 5.90 Å². The molecule has 1 aliphatic rings. The Morgan fingerprint density at radius 1 is 1.16 bits per heavy atom. The first-order valence-electron chi connectivity index (χ1n) is 5.74. The van der Waals surface area contributed by atoms with Crippen molar-refractivity contribution in [1.82, 2.24) is 10.2 Å². The largest absolute Gasteiger partial charge is 0.415 e. The number of rotatable bonds is 1. The van der Waals surface area contributed by atoms with Crippen molar-refractivity contribution in [2.24, 2.45) is 5.10 Å². The van der Waals surface area contributed by atoms with E-state index in [1.807, 2.05) is 38.2 Å². The molecule has 1 aromatic carbocycles. The molecule has 0 saturated carbocycles. The minimum absolute atomic E-state index is 0.309. The molecule has 0 fully saturated rings. The first-order chi connectivity index (χ1) is 9.13. The summed E-state index contributed by atoms with van der Waals surface area (Å²) in [6.07, 6.45) is 0. The van der Waals surface area contributed by atoms with Gasteiger partial charge in [0.05, 0.1) is 0 Å². The van der Waals surface area contributed by atoms with E-state index < -0.39 is 0 Å². The Bertz CT molecular complexity index is 654. The Labute approximate surface area is 115 Å². The lowest BCUT2D eigenvalue weighted by atomic mass is 10.1. The van der Waals surface area contributed by atoms with Crippen LogP contribution >= 0.6 is 11.6 Å². The maximum atomic E-state index is 5.81. The molecule has 0 bridgehead atoms. The highest BCUT2D eigenvalue weighted by Crippen LogP contribution is 2.30. The summed E-state index contributed by atoms with van der Waals surface area (Å²) in [5.74, 6) is 0.893. The minimum atomic E-state index is 0.309. The number of aryl methyl sites for hydroxylation is 1. The van der Waals surface area contributed by atoms with Crippen molar-refractivity contribution in [2.75, 3.05) is 12.1 Å². The van der Waals surface area contributed by atoms with E-state index in [0.717, 1.165) is 5.56 Å². The maximum absolute atomic E-state index is 5.81. The molecule has 19 heavy (non-hydrogen) atoms. The predicted molar refractivity (Wildman–Crippen MR) is 73.8 cm³/mol. The van der Waals surface area contributed by atoms with E-state index in [-0.39, 0.29) is 0 Å². The van der Waals surface area contributed by atoms with Gasteiger partial charge < -0.3 is 4.74 Å². The van der Waals surface area contributed by atoms with Crippen LogP contribution in [0.3, 0.4) is 0 Å². The first-order valence-corrected chi connectivity index (χ1v) is 6.12. The maximum Gasteiger partial charge on any atom is 0.266 e. The fraction of sp³-hybridized carbons (Fsp3) is 0.154. The van der Waals surface area contributed by atoms with Crippen LogP contribution in [0, 0.1) is 6.92 Å². The number of aromatic nitrogens is 2. The van der Waals surface area contributed by atoms with E-state index in [2.05, 4.69) is 15.3 Å². The van der Waals surface area contributed by atoms with Crippen molar-refractivity contribution in [3.05, 3.63) is 46.6 Å². The lowest BCUT2D eigenvalue weighted by Gasteiger charge is -2.22. The van der Waals surface area contributed by atoms with Crippen LogP contribution in [0.15, 0.2) is 35.4 Å². The van der Waals surface area contributed by atoms with Crippen molar-refractivity contribution in [1.29, 1.82) is 0 Å². The third kappa shape index (κ3) is 2.24. The number of fused-ring (bicyclic) bond motifs is 1. The zero-order valence-electron chi connectivity index (χ0n) is 10.5. The molecule has 1 aromatic heterocycles. The van der Waals surface area contributed by atoms with E-state index in [1.165, 1.54) is 5.56 Å². The van der Waals surface area contributed by atoms with Crippen LogP contribution in [-0.4, -0.2) is 23.1 Å².